The van der Waals surface area contributed by atoms with E-state index in [9.17, 15) is 0 Å². The number of rotatable bonds is 6. The lowest BCUT2D eigenvalue weighted by Crippen LogP contribution is -2.41. The van der Waals surface area contributed by atoms with E-state index in [-0.39, 0.29) is 0 Å². The first kappa shape index (κ1) is 14.1. The third-order valence-electron chi connectivity index (χ3n) is 4.29. The number of nitrogens with zero attached hydrogens (tertiary/aromatic N) is 3. The van der Waals surface area contributed by atoms with E-state index in [2.05, 4.69) is 33.7 Å². The van der Waals surface area contributed by atoms with Crippen molar-refractivity contribution in [2.24, 2.45) is 7.05 Å². The Morgan fingerprint density at radius 2 is 2.24 bits per heavy atom. The minimum atomic E-state index is 0.620. The molecule has 0 bridgehead atoms. The highest BCUT2D eigenvalue weighted by Crippen LogP contribution is 2.37. The molecule has 0 atom stereocenters. The first-order chi connectivity index (χ1) is 10.3. The van der Waals surface area contributed by atoms with Gasteiger partial charge in [-0.15, -0.1) is 10.2 Å². The topological polar surface area (TPSA) is 52.0 Å². The Balaban J connectivity index is 1.42. The molecular weight excluding hydrogens is 264 g/mol. The molecule has 2 aromatic rings. The monoisotopic (exact) mass is 286 g/mol. The molecule has 0 unspecified atom stereocenters. The normalized spacial score (nSPS) is 21.0. The molecule has 5 heteroatoms. The Kier molecular flexibility index (Phi) is 4.20. The van der Waals surface area contributed by atoms with Gasteiger partial charge in [-0.25, -0.2) is 0 Å². The molecule has 0 aliphatic heterocycles. The zero-order chi connectivity index (χ0) is 14.7. The summed E-state index contributed by atoms with van der Waals surface area (Å²) in [5.74, 6) is 2.64. The molecule has 21 heavy (non-hydrogen) atoms. The zero-order valence-electron chi connectivity index (χ0n) is 12.6. The molecule has 1 aliphatic rings. The zero-order valence-corrected chi connectivity index (χ0v) is 12.6. The van der Waals surface area contributed by atoms with E-state index < -0.39 is 0 Å². The summed E-state index contributed by atoms with van der Waals surface area (Å²) in [6, 6.07) is 9.04. The number of ether oxygens (including phenoxy) is 1. The number of aryl methyl sites for hydroxylation is 1. The number of hydrogen-bond acceptors (Lipinski definition) is 4. The Morgan fingerprint density at radius 1 is 1.38 bits per heavy atom. The molecule has 112 valence electrons. The van der Waals surface area contributed by atoms with Crippen LogP contribution in [0.2, 0.25) is 0 Å². The van der Waals surface area contributed by atoms with Crippen LogP contribution >= 0.6 is 0 Å². The van der Waals surface area contributed by atoms with Crippen molar-refractivity contribution in [2.45, 2.75) is 31.2 Å². The van der Waals surface area contributed by atoms with Crippen LogP contribution in [-0.2, 0) is 13.5 Å². The van der Waals surface area contributed by atoms with Crippen LogP contribution in [0, 0.1) is 0 Å². The van der Waals surface area contributed by atoms with E-state index in [1.165, 1.54) is 18.4 Å². The molecule has 1 aromatic heterocycles. The molecule has 1 aliphatic carbocycles. The minimum Gasteiger partial charge on any atom is -0.497 e. The maximum Gasteiger partial charge on any atom is 0.133 e. The van der Waals surface area contributed by atoms with Crippen LogP contribution in [-0.4, -0.2) is 34.5 Å². The Bertz CT molecular complexity index is 589. The van der Waals surface area contributed by atoms with E-state index >= 15 is 0 Å². The van der Waals surface area contributed by atoms with Crippen LogP contribution in [0.5, 0.6) is 5.75 Å². The molecule has 3 rings (SSSR count). The fraction of sp³-hybridized carbons (Fsp3) is 0.500. The Morgan fingerprint density at radius 3 is 2.95 bits per heavy atom. The van der Waals surface area contributed by atoms with E-state index in [0.717, 1.165) is 24.5 Å². The van der Waals surface area contributed by atoms with Gasteiger partial charge >= 0.3 is 0 Å². The second kappa shape index (κ2) is 6.26. The smallest absolute Gasteiger partial charge is 0.133 e. The van der Waals surface area contributed by atoms with Gasteiger partial charge in [0.2, 0.25) is 0 Å². The number of benzene rings is 1. The summed E-state index contributed by atoms with van der Waals surface area (Å²) in [7, 11) is 3.70. The maximum atomic E-state index is 5.29. The molecule has 1 N–H and O–H groups in total. The Hall–Kier alpha value is -1.88. The first-order valence-electron chi connectivity index (χ1n) is 7.46. The van der Waals surface area contributed by atoms with E-state index in [0.29, 0.717) is 12.0 Å². The van der Waals surface area contributed by atoms with Gasteiger partial charge in [0.1, 0.15) is 17.9 Å². The van der Waals surface area contributed by atoms with E-state index in [1.807, 2.05) is 17.7 Å². The van der Waals surface area contributed by atoms with Gasteiger partial charge in [-0.3, -0.25) is 0 Å². The largest absolute Gasteiger partial charge is 0.497 e. The van der Waals surface area contributed by atoms with E-state index in [1.54, 1.807) is 13.4 Å². The molecule has 1 aromatic carbocycles. The first-order valence-corrected chi connectivity index (χ1v) is 7.46. The lowest BCUT2D eigenvalue weighted by molar-refractivity contribution is 0.291. The third-order valence-corrected chi connectivity index (χ3v) is 4.29. The molecule has 1 heterocycles. The van der Waals surface area contributed by atoms with Gasteiger partial charge in [0.15, 0.2) is 0 Å². The third kappa shape index (κ3) is 3.24. The predicted molar refractivity (Wildman–Crippen MR) is 81.5 cm³/mol. The van der Waals surface area contributed by atoms with Gasteiger partial charge in [-0.2, -0.15) is 0 Å². The fourth-order valence-electron chi connectivity index (χ4n) is 2.87. The highest BCUT2D eigenvalue weighted by atomic mass is 16.5. The second-order valence-corrected chi connectivity index (χ2v) is 5.70. The molecule has 0 amide bonds. The Labute approximate surface area is 125 Å². The van der Waals surface area contributed by atoms with Gasteiger partial charge in [-0.1, -0.05) is 12.1 Å². The summed E-state index contributed by atoms with van der Waals surface area (Å²) in [6.45, 7) is 0.960. The SMILES string of the molecule is COc1cccc(C2CC(NCCc3nncn3C)C2)c1. The van der Waals surface area contributed by atoms with Crippen LogP contribution in [0.1, 0.15) is 30.1 Å². The number of nitrogens with one attached hydrogen (secondary N) is 1. The highest BCUT2D eigenvalue weighted by molar-refractivity contribution is 5.32. The van der Waals surface area contributed by atoms with Crippen molar-refractivity contribution in [1.29, 1.82) is 0 Å². The van der Waals surface area contributed by atoms with Gasteiger partial charge in [0, 0.05) is 26.1 Å². The summed E-state index contributed by atoms with van der Waals surface area (Å²) >= 11 is 0. The van der Waals surface area contributed by atoms with Crippen LogP contribution in [0.4, 0.5) is 0 Å². The molecule has 5 nitrogen and oxygen atoms in total. The molecule has 0 radical (unpaired) electrons. The van der Waals surface area contributed by atoms with Crippen molar-refractivity contribution >= 4 is 0 Å². The van der Waals surface area contributed by atoms with Gasteiger partial charge in [0.05, 0.1) is 7.11 Å². The minimum absolute atomic E-state index is 0.620. The van der Waals surface area contributed by atoms with Gasteiger partial charge in [0.25, 0.3) is 0 Å². The van der Waals surface area contributed by atoms with Crippen molar-refractivity contribution < 1.29 is 4.74 Å². The molecule has 0 saturated heterocycles. The lowest BCUT2D eigenvalue weighted by Gasteiger charge is -2.36. The molecule has 1 fully saturated rings. The molecule has 0 spiro atoms. The summed E-state index contributed by atoms with van der Waals surface area (Å²) in [5.41, 5.74) is 1.39. The standard InChI is InChI=1S/C16H22N4O/c1-20-11-18-19-16(20)6-7-17-14-8-13(9-14)12-4-3-5-15(10-12)21-2/h3-5,10-11,13-14,17H,6-9H2,1-2H3. The average molecular weight is 286 g/mol. The fourth-order valence-corrected chi connectivity index (χ4v) is 2.87. The summed E-state index contributed by atoms with van der Waals surface area (Å²) < 4.78 is 7.26. The van der Waals surface area contributed by atoms with Crippen molar-refractivity contribution in [2.75, 3.05) is 13.7 Å². The van der Waals surface area contributed by atoms with Crippen molar-refractivity contribution in [1.82, 2.24) is 20.1 Å². The number of aromatic nitrogens is 3. The number of hydrogen-bond donors (Lipinski definition) is 1. The second-order valence-electron chi connectivity index (χ2n) is 5.70. The quantitative estimate of drug-likeness (QED) is 0.881. The van der Waals surface area contributed by atoms with E-state index in [4.69, 9.17) is 4.74 Å². The van der Waals surface area contributed by atoms with Crippen LogP contribution in [0.3, 0.4) is 0 Å². The summed E-state index contributed by atoms with van der Waals surface area (Å²) in [4.78, 5) is 0. The molecular formula is C16H22N4O. The lowest BCUT2D eigenvalue weighted by atomic mass is 9.76. The van der Waals surface area contributed by atoms with Gasteiger partial charge < -0.3 is 14.6 Å². The average Bonchev–Trinajstić information content (AvgIpc) is 2.87. The summed E-state index contributed by atoms with van der Waals surface area (Å²) in [6.07, 6.45) is 5.08. The summed E-state index contributed by atoms with van der Waals surface area (Å²) in [5, 5.41) is 11.6. The van der Waals surface area contributed by atoms with Crippen molar-refractivity contribution in [3.8, 4) is 5.75 Å². The number of methoxy groups -OCH3 is 1. The highest BCUT2D eigenvalue weighted by Gasteiger charge is 2.29. The van der Waals surface area contributed by atoms with Crippen LogP contribution < -0.4 is 10.1 Å². The van der Waals surface area contributed by atoms with Crippen LogP contribution in [0.15, 0.2) is 30.6 Å². The maximum absolute atomic E-state index is 5.29. The van der Waals surface area contributed by atoms with Crippen molar-refractivity contribution in [3.05, 3.63) is 42.0 Å². The van der Waals surface area contributed by atoms with Crippen molar-refractivity contribution in [3.63, 3.8) is 0 Å². The van der Waals surface area contributed by atoms with Crippen LogP contribution in [0.25, 0.3) is 0 Å². The predicted octanol–water partition coefficient (Wildman–Crippen LogP) is 1.90. The van der Waals surface area contributed by atoms with Gasteiger partial charge in [-0.05, 0) is 36.5 Å². The molecule has 1 saturated carbocycles.